The van der Waals surface area contributed by atoms with Gasteiger partial charge in [-0.25, -0.2) is 4.39 Å². The van der Waals surface area contributed by atoms with Crippen LogP contribution in [0.5, 0.6) is 0 Å². The third-order valence-corrected chi connectivity index (χ3v) is 3.69. The highest BCUT2D eigenvalue weighted by Crippen LogP contribution is 2.23. The van der Waals surface area contributed by atoms with Crippen LogP contribution in [-0.4, -0.2) is 16.2 Å². The highest BCUT2D eigenvalue weighted by molar-refractivity contribution is 5.72. The van der Waals surface area contributed by atoms with Crippen molar-refractivity contribution in [2.75, 3.05) is 0 Å². The summed E-state index contributed by atoms with van der Waals surface area (Å²) in [5, 5.41) is 7.90. The van der Waals surface area contributed by atoms with Crippen LogP contribution in [0, 0.1) is 12.7 Å². The Hall–Kier alpha value is -3.02. The van der Waals surface area contributed by atoms with Crippen molar-refractivity contribution in [1.82, 2.24) is 10.2 Å². The van der Waals surface area contributed by atoms with Gasteiger partial charge in [0.25, 0.3) is 5.89 Å². The summed E-state index contributed by atoms with van der Waals surface area (Å²) in [6.07, 6.45) is -0.873. The van der Waals surface area contributed by atoms with Crippen LogP contribution in [0.15, 0.2) is 52.9 Å². The maximum absolute atomic E-state index is 13.6. The molecule has 0 spiro atoms. The maximum atomic E-state index is 13.6. The zero-order valence-electron chi connectivity index (χ0n) is 13.9. The predicted molar refractivity (Wildman–Crippen MR) is 89.1 cm³/mol. The number of hydrogen-bond donors (Lipinski definition) is 0. The third kappa shape index (κ3) is 4.09. The summed E-state index contributed by atoms with van der Waals surface area (Å²) in [6, 6.07) is 13.7. The number of hydrogen-bond acceptors (Lipinski definition) is 5. The van der Waals surface area contributed by atoms with Crippen molar-refractivity contribution < 1.29 is 18.3 Å². The predicted octanol–water partition coefficient (Wildman–Crippen LogP) is 4.03. The molecule has 5 nitrogen and oxygen atoms in total. The Kier molecular flexibility index (Phi) is 4.88. The van der Waals surface area contributed by atoms with Gasteiger partial charge in [-0.05, 0) is 37.6 Å². The van der Waals surface area contributed by atoms with Crippen molar-refractivity contribution >= 4 is 5.97 Å². The van der Waals surface area contributed by atoms with Crippen LogP contribution < -0.4 is 0 Å². The fourth-order valence-electron chi connectivity index (χ4n) is 2.30. The molecule has 0 saturated heterocycles. The van der Waals surface area contributed by atoms with E-state index in [0.29, 0.717) is 5.89 Å². The highest BCUT2D eigenvalue weighted by atomic mass is 19.1. The molecule has 6 heteroatoms. The summed E-state index contributed by atoms with van der Waals surface area (Å²) in [5.41, 5.74) is 2.19. The van der Waals surface area contributed by atoms with E-state index in [4.69, 9.17) is 9.15 Å². The number of carbonyl (C=O) groups is 1. The molecule has 3 aromatic rings. The van der Waals surface area contributed by atoms with Crippen molar-refractivity contribution in [2.45, 2.75) is 26.4 Å². The molecule has 2 aromatic carbocycles. The minimum absolute atomic E-state index is 0.157. The normalized spacial score (nSPS) is 12.0. The zero-order chi connectivity index (χ0) is 17.8. The van der Waals surface area contributed by atoms with E-state index >= 15 is 0 Å². The van der Waals surface area contributed by atoms with Gasteiger partial charge in [0, 0.05) is 5.56 Å². The second-order valence-corrected chi connectivity index (χ2v) is 5.71. The Bertz CT molecular complexity index is 874. The summed E-state index contributed by atoms with van der Waals surface area (Å²) in [7, 11) is 0. The molecule has 3 rings (SSSR count). The van der Waals surface area contributed by atoms with Crippen LogP contribution in [0.1, 0.15) is 30.0 Å². The van der Waals surface area contributed by atoms with Gasteiger partial charge in [-0.3, -0.25) is 4.79 Å². The van der Waals surface area contributed by atoms with E-state index in [1.54, 1.807) is 25.1 Å². The molecule has 128 valence electrons. The molecule has 0 aliphatic rings. The van der Waals surface area contributed by atoms with E-state index in [1.165, 1.54) is 6.07 Å². The maximum Gasteiger partial charge on any atom is 0.311 e. The van der Waals surface area contributed by atoms with Crippen molar-refractivity contribution in [1.29, 1.82) is 0 Å². The summed E-state index contributed by atoms with van der Waals surface area (Å²) < 4.78 is 24.4. The second kappa shape index (κ2) is 7.25. The van der Waals surface area contributed by atoms with E-state index in [-0.39, 0.29) is 17.9 Å². The number of halogens is 1. The molecule has 0 bridgehead atoms. The lowest BCUT2D eigenvalue weighted by Gasteiger charge is -2.09. The first-order chi connectivity index (χ1) is 12.0. The number of ether oxygens (including phenoxy) is 1. The Morgan fingerprint density at radius 2 is 1.88 bits per heavy atom. The van der Waals surface area contributed by atoms with Crippen LogP contribution >= 0.6 is 0 Å². The molecule has 1 aromatic heterocycles. The fraction of sp³-hybridized carbons (Fsp3) is 0.211. The van der Waals surface area contributed by atoms with Gasteiger partial charge in [-0.2, -0.15) is 0 Å². The van der Waals surface area contributed by atoms with Gasteiger partial charge in [-0.1, -0.05) is 35.9 Å². The van der Waals surface area contributed by atoms with E-state index in [1.807, 2.05) is 31.2 Å². The SMILES string of the molecule is Cc1ccc(-c2nnc(C(C)OC(=O)Cc3ccccc3F)o2)cc1. The Balaban J connectivity index is 1.65. The van der Waals surface area contributed by atoms with E-state index < -0.39 is 17.9 Å². The fourth-order valence-corrected chi connectivity index (χ4v) is 2.30. The minimum atomic E-state index is -0.717. The van der Waals surface area contributed by atoms with E-state index in [9.17, 15) is 9.18 Å². The molecule has 25 heavy (non-hydrogen) atoms. The van der Waals surface area contributed by atoms with Gasteiger partial charge in [0.2, 0.25) is 5.89 Å². The molecule has 0 radical (unpaired) electrons. The quantitative estimate of drug-likeness (QED) is 0.656. The Morgan fingerprint density at radius 3 is 2.60 bits per heavy atom. The molecule has 0 saturated carbocycles. The Morgan fingerprint density at radius 1 is 1.16 bits per heavy atom. The third-order valence-electron chi connectivity index (χ3n) is 3.69. The first kappa shape index (κ1) is 16.8. The lowest BCUT2D eigenvalue weighted by atomic mass is 10.1. The lowest BCUT2D eigenvalue weighted by Crippen LogP contribution is -2.12. The number of aromatic nitrogens is 2. The number of aryl methyl sites for hydroxylation is 1. The van der Waals surface area contributed by atoms with Gasteiger partial charge in [0.05, 0.1) is 6.42 Å². The standard InChI is InChI=1S/C19H17FN2O3/c1-12-7-9-14(10-8-12)19-22-21-18(25-19)13(2)24-17(23)11-15-5-3-4-6-16(15)20/h3-10,13H,11H2,1-2H3. The number of esters is 1. The molecule has 0 amide bonds. The zero-order valence-corrected chi connectivity index (χ0v) is 13.9. The van der Waals surface area contributed by atoms with Crippen LogP contribution in [0.25, 0.3) is 11.5 Å². The van der Waals surface area contributed by atoms with Gasteiger partial charge in [0.15, 0.2) is 6.10 Å². The van der Waals surface area contributed by atoms with Crippen molar-refractivity contribution in [3.8, 4) is 11.5 Å². The molecule has 0 N–H and O–H groups in total. The first-order valence-corrected chi connectivity index (χ1v) is 7.86. The Labute approximate surface area is 144 Å². The molecule has 0 aliphatic heterocycles. The van der Waals surface area contributed by atoms with Crippen molar-refractivity contribution in [2.24, 2.45) is 0 Å². The van der Waals surface area contributed by atoms with Crippen LogP contribution in [0.2, 0.25) is 0 Å². The van der Waals surface area contributed by atoms with Crippen LogP contribution in [0.4, 0.5) is 4.39 Å². The summed E-state index contributed by atoms with van der Waals surface area (Å²) >= 11 is 0. The summed E-state index contributed by atoms with van der Waals surface area (Å²) in [6.45, 7) is 3.62. The van der Waals surface area contributed by atoms with Crippen LogP contribution in [0.3, 0.4) is 0 Å². The number of nitrogens with zero attached hydrogens (tertiary/aromatic N) is 2. The first-order valence-electron chi connectivity index (χ1n) is 7.86. The molecular formula is C19H17FN2O3. The molecule has 1 atom stereocenters. The van der Waals surface area contributed by atoms with Crippen molar-refractivity contribution in [3.63, 3.8) is 0 Å². The van der Waals surface area contributed by atoms with Gasteiger partial charge in [0.1, 0.15) is 5.82 Å². The molecular weight excluding hydrogens is 323 g/mol. The molecule has 0 fully saturated rings. The number of benzene rings is 2. The van der Waals surface area contributed by atoms with Gasteiger partial charge in [-0.15, -0.1) is 10.2 Å². The smallest absolute Gasteiger partial charge is 0.311 e. The minimum Gasteiger partial charge on any atom is -0.452 e. The molecule has 0 aliphatic carbocycles. The average molecular weight is 340 g/mol. The van der Waals surface area contributed by atoms with Gasteiger partial charge < -0.3 is 9.15 Å². The van der Waals surface area contributed by atoms with E-state index in [0.717, 1.165) is 11.1 Å². The average Bonchev–Trinajstić information content (AvgIpc) is 3.08. The number of rotatable bonds is 5. The van der Waals surface area contributed by atoms with Crippen LogP contribution in [-0.2, 0) is 16.0 Å². The van der Waals surface area contributed by atoms with Crippen molar-refractivity contribution in [3.05, 3.63) is 71.4 Å². The monoisotopic (exact) mass is 340 g/mol. The lowest BCUT2D eigenvalue weighted by molar-refractivity contribution is -0.148. The summed E-state index contributed by atoms with van der Waals surface area (Å²) in [4.78, 5) is 12.0. The van der Waals surface area contributed by atoms with E-state index in [2.05, 4.69) is 10.2 Å². The number of carbonyl (C=O) groups excluding carboxylic acids is 1. The topological polar surface area (TPSA) is 65.2 Å². The summed E-state index contributed by atoms with van der Waals surface area (Å²) in [5.74, 6) is -0.455. The largest absolute Gasteiger partial charge is 0.452 e. The molecule has 1 heterocycles. The van der Waals surface area contributed by atoms with Gasteiger partial charge >= 0.3 is 5.97 Å². The second-order valence-electron chi connectivity index (χ2n) is 5.71. The highest BCUT2D eigenvalue weighted by Gasteiger charge is 2.19. The molecule has 1 unspecified atom stereocenters.